The van der Waals surface area contributed by atoms with Gasteiger partial charge in [0, 0.05) is 40.1 Å². The van der Waals surface area contributed by atoms with Crippen molar-refractivity contribution in [2.45, 2.75) is 32.7 Å². The predicted octanol–water partition coefficient (Wildman–Crippen LogP) is 5.91. The first kappa shape index (κ1) is 22.6. The Hall–Kier alpha value is -3.15. The summed E-state index contributed by atoms with van der Waals surface area (Å²) in [6.45, 7) is 5.48. The average Bonchev–Trinajstić information content (AvgIpc) is 3.23. The van der Waals surface area contributed by atoms with Crippen molar-refractivity contribution < 1.29 is 9.59 Å². The van der Waals surface area contributed by atoms with Gasteiger partial charge in [-0.3, -0.25) is 9.59 Å². The van der Waals surface area contributed by atoms with Crippen LogP contribution in [-0.4, -0.2) is 24.9 Å². The number of anilines is 2. The van der Waals surface area contributed by atoms with Crippen LogP contribution >= 0.6 is 11.6 Å². The van der Waals surface area contributed by atoms with Crippen molar-refractivity contribution in [3.63, 3.8) is 0 Å². The standard InChI is InChI=1S/C28H28ClN3O2/c1-17-5-3-4-6-22(17)27(33)31-21-8-9-23(18(2)15-21)28(34)32-14-12-19-11-13-30-26(19)24-16-20(29)7-10-25(24)32/h3-10,15-16,19,26,30H,11-14H2,1-2H3,(H,31,33)/t19-,26+/m1/s1. The first-order chi connectivity index (χ1) is 16.4. The number of halogens is 1. The van der Waals surface area contributed by atoms with E-state index in [1.807, 2.05) is 73.3 Å². The highest BCUT2D eigenvalue weighted by atomic mass is 35.5. The summed E-state index contributed by atoms with van der Waals surface area (Å²) < 4.78 is 0. The molecule has 5 rings (SSSR count). The molecule has 2 atom stereocenters. The molecule has 174 valence electrons. The molecule has 0 aliphatic carbocycles. The lowest BCUT2D eigenvalue weighted by Crippen LogP contribution is -2.32. The number of amides is 2. The number of nitrogens with one attached hydrogen (secondary N) is 2. The second-order valence-corrected chi connectivity index (χ2v) is 9.66. The minimum absolute atomic E-state index is 0.0298. The Morgan fingerprint density at radius 3 is 2.59 bits per heavy atom. The summed E-state index contributed by atoms with van der Waals surface area (Å²) in [5.74, 6) is 0.307. The molecule has 5 nitrogen and oxygen atoms in total. The summed E-state index contributed by atoms with van der Waals surface area (Å²) in [6.07, 6.45) is 2.05. The molecular formula is C28H28ClN3O2. The third-order valence-corrected chi connectivity index (χ3v) is 7.27. The molecule has 0 radical (unpaired) electrons. The lowest BCUT2D eigenvalue weighted by Gasteiger charge is -2.25. The van der Waals surface area contributed by atoms with E-state index < -0.39 is 0 Å². The molecule has 1 saturated heterocycles. The van der Waals surface area contributed by atoms with Gasteiger partial charge in [0.15, 0.2) is 0 Å². The van der Waals surface area contributed by atoms with Crippen LogP contribution in [0.4, 0.5) is 11.4 Å². The van der Waals surface area contributed by atoms with E-state index in [9.17, 15) is 9.59 Å². The Kier molecular flexibility index (Phi) is 6.15. The van der Waals surface area contributed by atoms with Crippen molar-refractivity contribution >= 4 is 34.8 Å². The van der Waals surface area contributed by atoms with Gasteiger partial charge in [0.1, 0.15) is 0 Å². The summed E-state index contributed by atoms with van der Waals surface area (Å²) >= 11 is 6.34. The number of rotatable bonds is 3. The van der Waals surface area contributed by atoms with Gasteiger partial charge in [0.25, 0.3) is 11.8 Å². The Morgan fingerprint density at radius 2 is 1.79 bits per heavy atom. The fourth-order valence-corrected chi connectivity index (χ4v) is 5.41. The van der Waals surface area contributed by atoms with E-state index in [1.165, 1.54) is 0 Å². The summed E-state index contributed by atoms with van der Waals surface area (Å²) in [4.78, 5) is 28.3. The first-order valence-electron chi connectivity index (χ1n) is 11.7. The summed E-state index contributed by atoms with van der Waals surface area (Å²) in [5, 5.41) is 7.24. The third kappa shape index (κ3) is 4.22. The van der Waals surface area contributed by atoms with Crippen LogP contribution in [0.15, 0.2) is 60.7 Å². The van der Waals surface area contributed by atoms with E-state index >= 15 is 0 Å². The Labute approximate surface area is 205 Å². The van der Waals surface area contributed by atoms with Crippen LogP contribution < -0.4 is 15.5 Å². The van der Waals surface area contributed by atoms with E-state index in [0.717, 1.165) is 41.8 Å². The van der Waals surface area contributed by atoms with Gasteiger partial charge >= 0.3 is 0 Å². The molecule has 34 heavy (non-hydrogen) atoms. The highest BCUT2D eigenvalue weighted by Crippen LogP contribution is 2.42. The van der Waals surface area contributed by atoms with Gasteiger partial charge in [0.05, 0.1) is 0 Å². The van der Waals surface area contributed by atoms with Crippen LogP contribution in [0.1, 0.15) is 56.3 Å². The number of carbonyl (C=O) groups excluding carboxylic acids is 2. The highest BCUT2D eigenvalue weighted by Gasteiger charge is 2.36. The van der Waals surface area contributed by atoms with Gasteiger partial charge in [-0.05, 0) is 98.3 Å². The maximum absolute atomic E-state index is 13.7. The number of benzene rings is 3. The summed E-state index contributed by atoms with van der Waals surface area (Å²) in [6, 6.07) is 19.0. The number of carbonyl (C=O) groups is 2. The van der Waals surface area contributed by atoms with Crippen LogP contribution in [0.2, 0.25) is 5.02 Å². The quantitative estimate of drug-likeness (QED) is 0.497. The molecule has 0 aromatic heterocycles. The lowest BCUT2D eigenvalue weighted by atomic mass is 9.92. The zero-order chi connectivity index (χ0) is 23.8. The molecule has 0 bridgehead atoms. The van der Waals surface area contributed by atoms with Crippen LogP contribution in [0.5, 0.6) is 0 Å². The SMILES string of the molecule is Cc1ccccc1C(=O)Nc1ccc(C(=O)N2CC[C@H]3CCN[C@@H]3c3cc(Cl)ccc32)c(C)c1. The van der Waals surface area contributed by atoms with Crippen LogP contribution in [0.25, 0.3) is 0 Å². The highest BCUT2D eigenvalue weighted by molar-refractivity contribution is 6.30. The zero-order valence-corrected chi connectivity index (χ0v) is 20.2. The first-order valence-corrected chi connectivity index (χ1v) is 12.1. The number of hydrogen-bond donors (Lipinski definition) is 2. The molecule has 0 unspecified atom stereocenters. The lowest BCUT2D eigenvalue weighted by molar-refractivity contribution is 0.0984. The molecule has 3 aromatic carbocycles. The van der Waals surface area contributed by atoms with E-state index in [-0.39, 0.29) is 17.9 Å². The normalized spacial score (nSPS) is 19.2. The maximum Gasteiger partial charge on any atom is 0.258 e. The fourth-order valence-electron chi connectivity index (χ4n) is 5.23. The van der Waals surface area contributed by atoms with Gasteiger partial charge < -0.3 is 15.5 Å². The van der Waals surface area contributed by atoms with Crippen molar-refractivity contribution in [1.82, 2.24) is 5.32 Å². The molecule has 0 spiro atoms. The summed E-state index contributed by atoms with van der Waals surface area (Å²) in [7, 11) is 0. The largest absolute Gasteiger partial charge is 0.322 e. The van der Waals surface area contributed by atoms with E-state index in [1.54, 1.807) is 6.07 Å². The molecule has 0 saturated carbocycles. The number of nitrogens with zero attached hydrogens (tertiary/aromatic N) is 1. The predicted molar refractivity (Wildman–Crippen MR) is 137 cm³/mol. The molecule has 2 N–H and O–H groups in total. The second kappa shape index (κ2) is 9.24. The molecule has 2 heterocycles. The molecule has 2 aliphatic heterocycles. The number of hydrogen-bond acceptors (Lipinski definition) is 3. The van der Waals surface area contributed by atoms with Gasteiger partial charge in [0.2, 0.25) is 0 Å². The number of aryl methyl sites for hydroxylation is 2. The molecule has 6 heteroatoms. The van der Waals surface area contributed by atoms with Gasteiger partial charge in [-0.2, -0.15) is 0 Å². The van der Waals surface area contributed by atoms with Gasteiger partial charge in [-0.1, -0.05) is 29.8 Å². The number of fused-ring (bicyclic) bond motifs is 3. The zero-order valence-electron chi connectivity index (χ0n) is 19.4. The van der Waals surface area contributed by atoms with Gasteiger partial charge in [-0.15, -0.1) is 0 Å². The molecular weight excluding hydrogens is 446 g/mol. The maximum atomic E-state index is 13.7. The monoisotopic (exact) mass is 473 g/mol. The van der Waals surface area contributed by atoms with E-state index in [2.05, 4.69) is 10.6 Å². The fraction of sp³-hybridized carbons (Fsp3) is 0.286. The molecule has 2 amide bonds. The van der Waals surface area contributed by atoms with Crippen molar-refractivity contribution in [2.75, 3.05) is 23.3 Å². The Balaban J connectivity index is 1.41. The average molecular weight is 474 g/mol. The molecule has 3 aromatic rings. The van der Waals surface area contributed by atoms with Crippen molar-refractivity contribution in [3.8, 4) is 0 Å². The van der Waals surface area contributed by atoms with Crippen molar-refractivity contribution in [3.05, 3.63) is 93.5 Å². The van der Waals surface area contributed by atoms with Crippen molar-refractivity contribution in [2.24, 2.45) is 5.92 Å². The molecule has 1 fully saturated rings. The molecule has 2 aliphatic rings. The second-order valence-electron chi connectivity index (χ2n) is 9.23. The van der Waals surface area contributed by atoms with Crippen LogP contribution in [-0.2, 0) is 0 Å². The minimum Gasteiger partial charge on any atom is -0.322 e. The third-order valence-electron chi connectivity index (χ3n) is 7.04. The van der Waals surface area contributed by atoms with Crippen molar-refractivity contribution in [1.29, 1.82) is 0 Å². The Bertz CT molecular complexity index is 1270. The minimum atomic E-state index is -0.158. The van der Waals surface area contributed by atoms with E-state index in [0.29, 0.717) is 34.3 Å². The summed E-state index contributed by atoms with van der Waals surface area (Å²) in [5.41, 5.74) is 5.71. The smallest absolute Gasteiger partial charge is 0.258 e. The van der Waals surface area contributed by atoms with Crippen LogP contribution in [0, 0.1) is 19.8 Å². The van der Waals surface area contributed by atoms with Gasteiger partial charge in [-0.25, -0.2) is 0 Å². The Morgan fingerprint density at radius 1 is 0.971 bits per heavy atom. The topological polar surface area (TPSA) is 61.4 Å². The van der Waals surface area contributed by atoms with Crippen LogP contribution in [0.3, 0.4) is 0 Å². The van der Waals surface area contributed by atoms with E-state index in [4.69, 9.17) is 11.6 Å².